The van der Waals surface area contributed by atoms with Gasteiger partial charge in [0.25, 0.3) is 11.8 Å². The van der Waals surface area contributed by atoms with Crippen LogP contribution in [0.4, 0.5) is 0 Å². The molecule has 32 heavy (non-hydrogen) atoms. The first kappa shape index (κ1) is 23.7. The van der Waals surface area contributed by atoms with E-state index in [9.17, 15) is 9.59 Å². The average molecular weight is 438 g/mol. The summed E-state index contributed by atoms with van der Waals surface area (Å²) < 4.78 is 1.68. The van der Waals surface area contributed by atoms with E-state index in [0.29, 0.717) is 36.0 Å². The van der Waals surface area contributed by atoms with Crippen LogP contribution < -0.4 is 5.32 Å². The number of amides is 2. The van der Waals surface area contributed by atoms with Crippen molar-refractivity contribution in [1.82, 2.24) is 24.5 Å². The third-order valence-electron chi connectivity index (χ3n) is 5.88. The second kappa shape index (κ2) is 10.6. The molecule has 0 saturated heterocycles. The topological polar surface area (TPSA) is 70.0 Å². The van der Waals surface area contributed by atoms with Crippen LogP contribution >= 0.6 is 0 Å². The summed E-state index contributed by atoms with van der Waals surface area (Å²) in [4.78, 5) is 33.9. The van der Waals surface area contributed by atoms with E-state index in [4.69, 9.17) is 0 Å². The third kappa shape index (κ3) is 6.07. The summed E-state index contributed by atoms with van der Waals surface area (Å²) in [5, 5.41) is 2.97. The normalized spacial score (nSPS) is 15.8. The van der Waals surface area contributed by atoms with Crippen molar-refractivity contribution in [3.63, 3.8) is 0 Å². The largest absolute Gasteiger partial charge is 0.347 e. The van der Waals surface area contributed by atoms with Crippen LogP contribution in [0.5, 0.6) is 0 Å². The molecular weight excluding hydrogens is 402 g/mol. The summed E-state index contributed by atoms with van der Waals surface area (Å²) in [6, 6.07) is 5.33. The van der Waals surface area contributed by atoms with Crippen LogP contribution in [0.3, 0.4) is 0 Å². The Kier molecular flexibility index (Phi) is 7.85. The fraction of sp³-hybridized carbons (Fsp3) is 0.480. The first-order valence-electron chi connectivity index (χ1n) is 11.2. The van der Waals surface area contributed by atoms with Crippen molar-refractivity contribution in [1.29, 1.82) is 0 Å². The molecule has 1 unspecified atom stereocenters. The van der Waals surface area contributed by atoms with E-state index < -0.39 is 0 Å². The maximum Gasteiger partial charge on any atom is 0.273 e. The molecule has 1 aliphatic carbocycles. The Morgan fingerprint density at radius 1 is 1.25 bits per heavy atom. The molecule has 1 N–H and O–H groups in total. The first-order valence-corrected chi connectivity index (χ1v) is 11.2. The molecule has 172 valence electrons. The molecule has 7 nitrogen and oxygen atoms in total. The molecular formula is C25H35N5O2. The van der Waals surface area contributed by atoms with E-state index in [1.807, 2.05) is 14.1 Å². The second-order valence-corrected chi connectivity index (χ2v) is 9.14. The maximum absolute atomic E-state index is 12.9. The summed E-state index contributed by atoms with van der Waals surface area (Å²) >= 11 is 0. The molecule has 2 heterocycles. The summed E-state index contributed by atoms with van der Waals surface area (Å²) in [6.45, 7) is 8.31. The van der Waals surface area contributed by atoms with Gasteiger partial charge in [-0.2, -0.15) is 0 Å². The van der Waals surface area contributed by atoms with Crippen LogP contribution in [0.25, 0.3) is 5.65 Å². The molecule has 7 heteroatoms. The molecule has 0 bridgehead atoms. The number of hydrogen-bond acceptors (Lipinski definition) is 4. The molecule has 2 amide bonds. The number of fused-ring (bicyclic) bond motifs is 1. The molecule has 3 rings (SSSR count). The third-order valence-corrected chi connectivity index (χ3v) is 5.88. The number of rotatable bonds is 10. The maximum atomic E-state index is 12.9. The lowest BCUT2D eigenvalue weighted by atomic mass is 9.97. The van der Waals surface area contributed by atoms with Crippen molar-refractivity contribution in [3.05, 3.63) is 59.6 Å². The van der Waals surface area contributed by atoms with Gasteiger partial charge in [0.05, 0.1) is 0 Å². The Hall–Kier alpha value is -2.93. The van der Waals surface area contributed by atoms with Gasteiger partial charge >= 0.3 is 0 Å². The Balaban J connectivity index is 1.62. The van der Waals surface area contributed by atoms with Gasteiger partial charge in [0.1, 0.15) is 17.0 Å². The quantitative estimate of drug-likeness (QED) is 0.579. The lowest BCUT2D eigenvalue weighted by molar-refractivity contribution is 0.0785. The van der Waals surface area contributed by atoms with Crippen LogP contribution in [0.1, 0.15) is 53.6 Å². The number of hydrogen-bond donors (Lipinski definition) is 1. The van der Waals surface area contributed by atoms with Crippen molar-refractivity contribution < 1.29 is 9.59 Å². The molecule has 1 aliphatic rings. The van der Waals surface area contributed by atoms with Crippen molar-refractivity contribution in [2.45, 2.75) is 32.6 Å². The minimum Gasteiger partial charge on any atom is -0.347 e. The Morgan fingerprint density at radius 2 is 2.03 bits per heavy atom. The Morgan fingerprint density at radius 3 is 2.72 bits per heavy atom. The van der Waals surface area contributed by atoms with Gasteiger partial charge in [-0.25, -0.2) is 4.98 Å². The predicted octanol–water partition coefficient (Wildman–Crippen LogP) is 3.39. The molecule has 0 fully saturated rings. The SMILES string of the molecule is C=C(CNC(=O)c1cccc2nc(C(=O)N(C)CCCN(C)C)cn12)CC1CC=C(C)C1. The summed E-state index contributed by atoms with van der Waals surface area (Å²) in [6.07, 6.45) is 7.94. The van der Waals surface area contributed by atoms with E-state index in [2.05, 4.69) is 34.8 Å². The van der Waals surface area contributed by atoms with Crippen LogP contribution in [0.2, 0.25) is 0 Å². The van der Waals surface area contributed by atoms with Gasteiger partial charge < -0.3 is 15.1 Å². The van der Waals surface area contributed by atoms with E-state index in [-0.39, 0.29) is 11.8 Å². The predicted molar refractivity (Wildman–Crippen MR) is 128 cm³/mol. The molecule has 0 radical (unpaired) electrons. The van der Waals surface area contributed by atoms with Crippen LogP contribution in [-0.4, -0.2) is 71.8 Å². The van der Waals surface area contributed by atoms with Crippen LogP contribution in [0.15, 0.2) is 48.2 Å². The molecule has 2 aromatic rings. The van der Waals surface area contributed by atoms with Gasteiger partial charge in [0, 0.05) is 26.3 Å². The van der Waals surface area contributed by atoms with E-state index in [1.165, 1.54) is 5.57 Å². The number of allylic oxidation sites excluding steroid dienone is 2. The summed E-state index contributed by atoms with van der Waals surface area (Å²) in [7, 11) is 5.81. The van der Waals surface area contributed by atoms with Crippen molar-refractivity contribution >= 4 is 17.5 Å². The van der Waals surface area contributed by atoms with Gasteiger partial charge in [-0.1, -0.05) is 29.9 Å². The highest BCUT2D eigenvalue weighted by Crippen LogP contribution is 2.29. The molecule has 0 aromatic carbocycles. The lowest BCUT2D eigenvalue weighted by Crippen LogP contribution is -2.30. The molecule has 0 saturated carbocycles. The van der Waals surface area contributed by atoms with Crippen LogP contribution in [-0.2, 0) is 0 Å². The lowest BCUT2D eigenvalue weighted by Gasteiger charge is -2.17. The zero-order chi connectivity index (χ0) is 23.3. The second-order valence-electron chi connectivity index (χ2n) is 9.14. The van der Waals surface area contributed by atoms with Gasteiger partial charge in [0.15, 0.2) is 0 Å². The van der Waals surface area contributed by atoms with Crippen molar-refractivity contribution in [2.75, 3.05) is 40.8 Å². The fourth-order valence-corrected chi connectivity index (χ4v) is 4.14. The van der Waals surface area contributed by atoms with Gasteiger partial charge in [-0.15, -0.1) is 0 Å². The minimum atomic E-state index is -0.201. The number of nitrogens with zero attached hydrogens (tertiary/aromatic N) is 4. The van der Waals surface area contributed by atoms with Crippen molar-refractivity contribution in [2.24, 2.45) is 5.92 Å². The summed E-state index contributed by atoms with van der Waals surface area (Å²) in [5.41, 5.74) is 3.84. The minimum absolute atomic E-state index is 0.146. The number of imidazole rings is 1. The zero-order valence-corrected chi connectivity index (χ0v) is 19.7. The first-order chi connectivity index (χ1) is 15.2. The highest BCUT2D eigenvalue weighted by molar-refractivity contribution is 5.95. The Bertz CT molecular complexity index is 1020. The van der Waals surface area contributed by atoms with E-state index in [1.54, 1.807) is 40.7 Å². The number of pyridine rings is 1. The smallest absolute Gasteiger partial charge is 0.273 e. The zero-order valence-electron chi connectivity index (χ0n) is 19.7. The molecule has 0 spiro atoms. The van der Waals surface area contributed by atoms with Gasteiger partial charge in [-0.3, -0.25) is 14.0 Å². The number of carbonyl (C=O) groups excluding carboxylic acids is 2. The van der Waals surface area contributed by atoms with Gasteiger partial charge in [0.2, 0.25) is 0 Å². The average Bonchev–Trinajstić information content (AvgIpc) is 3.36. The number of aromatic nitrogens is 2. The van der Waals surface area contributed by atoms with E-state index in [0.717, 1.165) is 37.8 Å². The van der Waals surface area contributed by atoms with Crippen molar-refractivity contribution in [3.8, 4) is 0 Å². The van der Waals surface area contributed by atoms with Gasteiger partial charge in [-0.05, 0) is 71.3 Å². The standard InChI is InChI=1S/C25H35N5O2/c1-18-10-11-20(14-18)15-19(2)16-26-24(31)22-8-6-9-23-27-21(17-30(22)23)25(32)29(5)13-7-12-28(3)4/h6,8-10,17,20H,2,7,11-16H2,1,3-5H3,(H,26,31). The summed E-state index contributed by atoms with van der Waals surface area (Å²) in [5.74, 6) is 0.251. The molecule has 1 atom stereocenters. The number of nitrogens with one attached hydrogen (secondary N) is 1. The highest BCUT2D eigenvalue weighted by Gasteiger charge is 2.19. The fourth-order valence-electron chi connectivity index (χ4n) is 4.14. The van der Waals surface area contributed by atoms with Crippen LogP contribution in [0, 0.1) is 5.92 Å². The molecule has 0 aliphatic heterocycles. The Labute approximate surface area is 190 Å². The van der Waals surface area contributed by atoms with E-state index >= 15 is 0 Å². The monoisotopic (exact) mass is 437 g/mol. The number of carbonyl (C=O) groups is 2. The highest BCUT2D eigenvalue weighted by atomic mass is 16.2. The molecule has 2 aromatic heterocycles.